The Hall–Kier alpha value is -3.50. The molecule has 1 aliphatic rings. The fraction of sp³-hybridized carbons (Fsp3) is 0.391. The fourth-order valence-electron chi connectivity index (χ4n) is 3.59. The lowest BCUT2D eigenvalue weighted by Gasteiger charge is -2.29. The molecule has 2 amide bonds. The molecule has 10 heteroatoms. The largest absolute Gasteiger partial charge is 0.394 e. The van der Waals surface area contributed by atoms with Gasteiger partial charge in [-0.2, -0.15) is 4.98 Å². The molecule has 0 bridgehead atoms. The molecular weight excluding hydrogens is 420 g/mol. The number of benzene rings is 1. The Morgan fingerprint density at radius 2 is 1.88 bits per heavy atom. The van der Waals surface area contributed by atoms with Crippen molar-refractivity contribution in [3.8, 4) is 0 Å². The summed E-state index contributed by atoms with van der Waals surface area (Å²) >= 11 is 0. The molecule has 33 heavy (non-hydrogen) atoms. The van der Waals surface area contributed by atoms with Crippen molar-refractivity contribution in [2.24, 2.45) is 5.92 Å². The monoisotopic (exact) mass is 450 g/mol. The van der Waals surface area contributed by atoms with Crippen molar-refractivity contribution in [3.05, 3.63) is 42.6 Å². The molecule has 0 saturated carbocycles. The zero-order valence-corrected chi connectivity index (χ0v) is 18.9. The third-order valence-electron chi connectivity index (χ3n) is 5.61. The summed E-state index contributed by atoms with van der Waals surface area (Å²) in [6.45, 7) is 7.72. The number of hydrogen-bond acceptors (Lipinski definition) is 8. The molecule has 5 N–H and O–H groups in total. The van der Waals surface area contributed by atoms with Crippen LogP contribution in [-0.4, -0.2) is 64.9 Å². The van der Waals surface area contributed by atoms with E-state index >= 15 is 0 Å². The lowest BCUT2D eigenvalue weighted by Crippen LogP contribution is -2.43. The molecule has 1 fully saturated rings. The van der Waals surface area contributed by atoms with Crippen LogP contribution in [0.2, 0.25) is 0 Å². The number of urea groups is 1. The Labute approximate surface area is 192 Å². The van der Waals surface area contributed by atoms with Crippen molar-refractivity contribution >= 4 is 40.2 Å². The maximum Gasteiger partial charge on any atom is 0.320 e. The number of pyridine rings is 1. The molecule has 1 aliphatic heterocycles. The summed E-state index contributed by atoms with van der Waals surface area (Å²) in [5.74, 6) is 0.898. The van der Waals surface area contributed by atoms with Crippen LogP contribution in [0.1, 0.15) is 13.8 Å². The lowest BCUT2D eigenvalue weighted by molar-refractivity contribution is 0.204. The highest BCUT2D eigenvalue weighted by molar-refractivity contribution is 5.90. The summed E-state index contributed by atoms with van der Waals surface area (Å²) in [5, 5.41) is 22.2. The lowest BCUT2D eigenvalue weighted by atomic mass is 10.1. The normalized spacial score (nSPS) is 14.8. The third-order valence-corrected chi connectivity index (χ3v) is 5.61. The topological polar surface area (TPSA) is 127 Å². The molecular formula is C23H30N8O2. The number of hydrogen-bond donors (Lipinski definition) is 5. The second-order valence-electron chi connectivity index (χ2n) is 8.34. The highest BCUT2D eigenvalue weighted by atomic mass is 16.3. The Morgan fingerprint density at radius 3 is 2.58 bits per heavy atom. The number of nitrogens with zero attached hydrogens (tertiary/aromatic N) is 4. The van der Waals surface area contributed by atoms with E-state index in [4.69, 9.17) is 0 Å². The number of rotatable bonds is 7. The van der Waals surface area contributed by atoms with Crippen LogP contribution < -0.4 is 26.2 Å². The summed E-state index contributed by atoms with van der Waals surface area (Å²) in [6.07, 6.45) is 1.69. The molecule has 1 aromatic carbocycles. The minimum absolute atomic E-state index is 0.109. The summed E-state index contributed by atoms with van der Waals surface area (Å²) in [4.78, 5) is 27.9. The van der Waals surface area contributed by atoms with Crippen molar-refractivity contribution in [1.29, 1.82) is 0 Å². The number of fused-ring (bicyclic) bond motifs is 1. The molecule has 1 atom stereocenters. The van der Waals surface area contributed by atoms with Gasteiger partial charge in [-0.25, -0.2) is 14.8 Å². The van der Waals surface area contributed by atoms with E-state index in [1.807, 2.05) is 26.0 Å². The maximum atomic E-state index is 12.2. The van der Waals surface area contributed by atoms with Gasteiger partial charge in [0.1, 0.15) is 5.82 Å². The minimum atomic E-state index is -0.424. The van der Waals surface area contributed by atoms with Crippen LogP contribution in [-0.2, 0) is 0 Å². The fourth-order valence-corrected chi connectivity index (χ4v) is 3.59. The molecule has 1 saturated heterocycles. The van der Waals surface area contributed by atoms with Gasteiger partial charge < -0.3 is 26.0 Å². The van der Waals surface area contributed by atoms with E-state index < -0.39 is 6.03 Å². The predicted molar refractivity (Wildman–Crippen MR) is 130 cm³/mol. The SMILES string of the molecule is CC(C)[C@H](CO)NC(=O)Nc1ccc2cnc(Nc3ccc(N4CCNCC4)cc3)nc2n1. The van der Waals surface area contributed by atoms with Gasteiger partial charge in [-0.15, -0.1) is 0 Å². The average Bonchev–Trinajstić information content (AvgIpc) is 2.83. The van der Waals surface area contributed by atoms with Gasteiger partial charge in [-0.1, -0.05) is 13.8 Å². The minimum Gasteiger partial charge on any atom is -0.394 e. The van der Waals surface area contributed by atoms with Crippen LogP contribution in [0, 0.1) is 5.92 Å². The molecule has 3 aromatic rings. The Kier molecular flexibility index (Phi) is 7.16. The van der Waals surface area contributed by atoms with Crippen molar-refractivity contribution in [1.82, 2.24) is 25.6 Å². The predicted octanol–water partition coefficient (Wildman–Crippen LogP) is 2.32. The second-order valence-corrected chi connectivity index (χ2v) is 8.34. The van der Waals surface area contributed by atoms with Gasteiger partial charge in [0, 0.05) is 49.1 Å². The number of carbonyl (C=O) groups excluding carboxylic acids is 1. The number of amides is 2. The number of aliphatic hydroxyl groups excluding tert-OH is 1. The van der Waals surface area contributed by atoms with Gasteiger partial charge in [0.05, 0.1) is 12.6 Å². The van der Waals surface area contributed by atoms with Crippen molar-refractivity contribution in [3.63, 3.8) is 0 Å². The second kappa shape index (κ2) is 10.4. The molecule has 3 heterocycles. The molecule has 2 aromatic heterocycles. The highest BCUT2D eigenvalue weighted by Crippen LogP contribution is 2.21. The molecule has 0 unspecified atom stereocenters. The molecule has 10 nitrogen and oxygen atoms in total. The van der Waals surface area contributed by atoms with E-state index in [9.17, 15) is 9.90 Å². The molecule has 4 rings (SSSR count). The number of anilines is 4. The molecule has 0 aliphatic carbocycles. The van der Waals surface area contributed by atoms with Gasteiger partial charge in [0.2, 0.25) is 5.95 Å². The van der Waals surface area contributed by atoms with Gasteiger partial charge in [0.25, 0.3) is 0 Å². The van der Waals surface area contributed by atoms with E-state index in [1.165, 1.54) is 5.69 Å². The Morgan fingerprint density at radius 1 is 1.12 bits per heavy atom. The molecule has 174 valence electrons. The highest BCUT2D eigenvalue weighted by Gasteiger charge is 2.15. The first kappa shape index (κ1) is 22.7. The van der Waals surface area contributed by atoms with Crippen LogP contribution in [0.15, 0.2) is 42.6 Å². The Bertz CT molecular complexity index is 1080. The van der Waals surface area contributed by atoms with Gasteiger partial charge >= 0.3 is 6.03 Å². The molecule has 0 radical (unpaired) electrons. The first-order chi connectivity index (χ1) is 16.0. The summed E-state index contributed by atoms with van der Waals surface area (Å²) < 4.78 is 0. The number of piperazine rings is 1. The maximum absolute atomic E-state index is 12.2. The number of carbonyl (C=O) groups is 1. The van der Waals surface area contributed by atoms with Crippen LogP contribution in [0.5, 0.6) is 0 Å². The summed E-state index contributed by atoms with van der Waals surface area (Å²) in [5.41, 5.74) is 2.54. The van der Waals surface area contributed by atoms with Crippen LogP contribution in [0.4, 0.5) is 27.9 Å². The van der Waals surface area contributed by atoms with Crippen molar-refractivity contribution in [2.75, 3.05) is 48.3 Å². The van der Waals surface area contributed by atoms with Gasteiger partial charge in [0.15, 0.2) is 5.65 Å². The first-order valence-electron chi connectivity index (χ1n) is 11.2. The molecule has 0 spiro atoms. The summed E-state index contributed by atoms with van der Waals surface area (Å²) in [7, 11) is 0. The number of aliphatic hydroxyl groups is 1. The first-order valence-corrected chi connectivity index (χ1v) is 11.2. The van der Waals surface area contributed by atoms with Gasteiger partial charge in [-0.3, -0.25) is 5.32 Å². The standard InChI is InChI=1S/C23H30N8O2/c1-15(2)19(14-32)27-23(33)29-20-8-3-16-13-25-22(30-21(16)28-20)26-17-4-6-18(7-5-17)31-11-9-24-10-12-31/h3-8,13,15,19,24,32H,9-12,14H2,1-2H3,(H3,25,26,27,28,29,30,33)/t19-/m0/s1. The quantitative estimate of drug-likeness (QED) is 0.371. The zero-order valence-electron chi connectivity index (χ0n) is 18.9. The number of aromatic nitrogens is 3. The van der Waals surface area contributed by atoms with E-state index in [0.29, 0.717) is 17.4 Å². The summed E-state index contributed by atoms with van der Waals surface area (Å²) in [6, 6.07) is 10.9. The van der Waals surface area contributed by atoms with Crippen molar-refractivity contribution < 1.29 is 9.90 Å². The van der Waals surface area contributed by atoms with E-state index in [-0.39, 0.29) is 18.6 Å². The van der Waals surface area contributed by atoms with Gasteiger partial charge in [-0.05, 0) is 42.3 Å². The average molecular weight is 451 g/mol. The third kappa shape index (κ3) is 5.85. The van der Waals surface area contributed by atoms with E-state index in [0.717, 1.165) is 37.3 Å². The Balaban J connectivity index is 1.43. The number of nitrogens with one attached hydrogen (secondary N) is 4. The van der Waals surface area contributed by atoms with Crippen LogP contribution in [0.25, 0.3) is 11.0 Å². The van der Waals surface area contributed by atoms with E-state index in [2.05, 4.69) is 53.3 Å². The van der Waals surface area contributed by atoms with E-state index in [1.54, 1.807) is 18.3 Å². The van der Waals surface area contributed by atoms with Crippen molar-refractivity contribution in [2.45, 2.75) is 19.9 Å². The van der Waals surface area contributed by atoms with Crippen LogP contribution in [0.3, 0.4) is 0 Å². The zero-order chi connectivity index (χ0) is 23.2. The smallest absolute Gasteiger partial charge is 0.320 e. The van der Waals surface area contributed by atoms with Crippen LogP contribution >= 0.6 is 0 Å².